The van der Waals surface area contributed by atoms with Crippen molar-refractivity contribution in [1.82, 2.24) is 5.32 Å². The summed E-state index contributed by atoms with van der Waals surface area (Å²) in [5, 5.41) is 13.8. The second-order valence-electron chi connectivity index (χ2n) is 21.4. The topological polar surface area (TPSA) is 108 Å². The van der Waals surface area contributed by atoms with Gasteiger partial charge in [-0.1, -0.05) is 262 Å². The first-order valence-electron chi connectivity index (χ1n) is 29.4. The fourth-order valence-electron chi connectivity index (χ4n) is 8.72. The average molecular weight is 980 g/mol. The fraction of sp³-hybridized carbons (Fsp3) is 0.881. The summed E-state index contributed by atoms with van der Waals surface area (Å²) in [6.07, 6.45) is 65.5. The molecule has 0 spiro atoms. The van der Waals surface area contributed by atoms with E-state index >= 15 is 0 Å². The van der Waals surface area contributed by atoms with Crippen molar-refractivity contribution in [2.24, 2.45) is 0 Å². The molecule has 2 N–H and O–H groups in total. The molecule has 0 aliphatic rings. The van der Waals surface area contributed by atoms with Gasteiger partial charge >= 0.3 is 0 Å². The summed E-state index contributed by atoms with van der Waals surface area (Å²) in [6.45, 7) is 4.64. The number of nitrogens with one attached hydrogen (secondary N) is 1. The van der Waals surface area contributed by atoms with Crippen LogP contribution >= 0.6 is 7.82 Å². The molecule has 0 rings (SSSR count). The van der Waals surface area contributed by atoms with Crippen LogP contribution < -0.4 is 10.2 Å². The molecular formula is C59H115N2O6P. The molecule has 3 unspecified atom stereocenters. The zero-order valence-corrected chi connectivity index (χ0v) is 46.7. The summed E-state index contributed by atoms with van der Waals surface area (Å²) >= 11 is 0. The van der Waals surface area contributed by atoms with Gasteiger partial charge in [0.05, 0.1) is 39.9 Å². The molecule has 0 saturated heterocycles. The number of carbonyl (C=O) groups excluding carboxylic acids is 1. The lowest BCUT2D eigenvalue weighted by molar-refractivity contribution is -0.870. The number of amides is 1. The lowest BCUT2D eigenvalue weighted by atomic mass is 10.0. The second kappa shape index (κ2) is 50.7. The smallest absolute Gasteiger partial charge is 0.268 e. The Morgan fingerprint density at radius 1 is 0.515 bits per heavy atom. The van der Waals surface area contributed by atoms with Gasteiger partial charge in [0.2, 0.25) is 5.91 Å². The molecule has 3 atom stereocenters. The minimum atomic E-state index is -4.58. The first-order valence-corrected chi connectivity index (χ1v) is 30.8. The van der Waals surface area contributed by atoms with E-state index in [0.29, 0.717) is 17.4 Å². The van der Waals surface area contributed by atoms with E-state index in [-0.39, 0.29) is 19.1 Å². The Labute approximate surface area is 423 Å². The first-order chi connectivity index (χ1) is 33.0. The number of carbonyl (C=O) groups is 1. The number of quaternary nitrogens is 1. The minimum Gasteiger partial charge on any atom is -0.756 e. The maximum absolute atomic E-state index is 12.9. The summed E-state index contributed by atoms with van der Waals surface area (Å²) in [5.41, 5.74) is 0. The van der Waals surface area contributed by atoms with Crippen molar-refractivity contribution in [3.05, 3.63) is 36.5 Å². The average Bonchev–Trinajstić information content (AvgIpc) is 3.30. The van der Waals surface area contributed by atoms with Crippen LogP contribution in [0.2, 0.25) is 0 Å². The van der Waals surface area contributed by atoms with E-state index in [9.17, 15) is 19.4 Å². The maximum Gasteiger partial charge on any atom is 0.268 e. The molecule has 0 aromatic rings. The number of allylic oxidation sites excluding steroid dienone is 5. The SMILES string of the molecule is CCCCCCCCC/C=C/C(O)C(COP(=O)([O-])OCC[N+](C)(C)C)NC(=O)CCCCCCCCCCCCCCCCCCC/C=C\C/C=C\CCCCCCCCCCCCCCC. The Bertz CT molecular complexity index is 1200. The lowest BCUT2D eigenvalue weighted by Gasteiger charge is -2.29. The number of unbranched alkanes of at least 4 members (excludes halogenated alkanes) is 37. The Hall–Kier alpha value is -1.28. The van der Waals surface area contributed by atoms with E-state index in [1.807, 2.05) is 27.2 Å². The van der Waals surface area contributed by atoms with E-state index in [1.165, 1.54) is 218 Å². The second-order valence-corrected chi connectivity index (χ2v) is 22.8. The zero-order valence-electron chi connectivity index (χ0n) is 45.8. The van der Waals surface area contributed by atoms with Crippen LogP contribution in [0.5, 0.6) is 0 Å². The van der Waals surface area contributed by atoms with Gasteiger partial charge in [-0.05, 0) is 51.4 Å². The number of aliphatic hydroxyl groups excluding tert-OH is 1. The van der Waals surface area contributed by atoms with Crippen LogP contribution in [0.3, 0.4) is 0 Å². The van der Waals surface area contributed by atoms with Gasteiger partial charge in [-0.15, -0.1) is 0 Å². The van der Waals surface area contributed by atoms with Crippen LogP contribution in [0.4, 0.5) is 0 Å². The van der Waals surface area contributed by atoms with E-state index in [0.717, 1.165) is 44.9 Å². The zero-order chi connectivity index (χ0) is 49.9. The third-order valence-corrected chi connectivity index (χ3v) is 14.3. The maximum atomic E-state index is 12.9. The highest BCUT2D eigenvalue weighted by Gasteiger charge is 2.23. The summed E-state index contributed by atoms with van der Waals surface area (Å²) < 4.78 is 23.2. The molecule has 0 saturated carbocycles. The number of phosphoric acid groups is 1. The monoisotopic (exact) mass is 979 g/mol. The molecule has 0 aliphatic carbocycles. The highest BCUT2D eigenvalue weighted by Crippen LogP contribution is 2.38. The predicted molar refractivity (Wildman–Crippen MR) is 293 cm³/mol. The molecule has 402 valence electrons. The van der Waals surface area contributed by atoms with Gasteiger partial charge in [0.15, 0.2) is 0 Å². The molecule has 1 amide bonds. The Morgan fingerprint density at radius 2 is 0.853 bits per heavy atom. The molecule has 0 aromatic carbocycles. The van der Waals surface area contributed by atoms with Crippen LogP contribution in [0, 0.1) is 0 Å². The minimum absolute atomic E-state index is 0.000280. The first kappa shape index (κ1) is 66.7. The highest BCUT2D eigenvalue weighted by atomic mass is 31.2. The quantitative estimate of drug-likeness (QED) is 0.0272. The highest BCUT2D eigenvalue weighted by molar-refractivity contribution is 7.45. The molecule has 0 aliphatic heterocycles. The van der Waals surface area contributed by atoms with Gasteiger partial charge in [-0.3, -0.25) is 9.36 Å². The van der Waals surface area contributed by atoms with Crippen molar-refractivity contribution < 1.29 is 32.9 Å². The van der Waals surface area contributed by atoms with Gasteiger partial charge in [-0.25, -0.2) is 0 Å². The summed E-state index contributed by atoms with van der Waals surface area (Å²) in [5.74, 6) is -0.197. The van der Waals surface area contributed by atoms with Crippen LogP contribution in [0.1, 0.15) is 284 Å². The molecule has 68 heavy (non-hydrogen) atoms. The van der Waals surface area contributed by atoms with Crippen molar-refractivity contribution in [2.75, 3.05) is 40.9 Å². The van der Waals surface area contributed by atoms with E-state index in [4.69, 9.17) is 9.05 Å². The van der Waals surface area contributed by atoms with Crippen LogP contribution in [-0.4, -0.2) is 68.5 Å². The van der Waals surface area contributed by atoms with Crippen molar-refractivity contribution in [1.29, 1.82) is 0 Å². The van der Waals surface area contributed by atoms with Crippen LogP contribution in [0.25, 0.3) is 0 Å². The number of nitrogens with zero attached hydrogens (tertiary/aromatic N) is 1. The lowest BCUT2D eigenvalue weighted by Crippen LogP contribution is -2.45. The molecule has 0 aromatic heterocycles. The molecular weight excluding hydrogens is 864 g/mol. The van der Waals surface area contributed by atoms with E-state index in [1.54, 1.807) is 6.08 Å². The normalized spacial score (nSPS) is 14.2. The number of rotatable bonds is 54. The predicted octanol–water partition coefficient (Wildman–Crippen LogP) is 17.1. The van der Waals surface area contributed by atoms with E-state index < -0.39 is 20.0 Å². The van der Waals surface area contributed by atoms with Crippen LogP contribution in [0.15, 0.2) is 36.5 Å². The number of aliphatic hydroxyl groups is 1. The molecule has 0 radical (unpaired) electrons. The molecule has 0 fully saturated rings. The third-order valence-electron chi connectivity index (χ3n) is 13.3. The summed E-state index contributed by atoms with van der Waals surface area (Å²) in [6, 6.07) is -0.883. The number of phosphoric ester groups is 1. The van der Waals surface area contributed by atoms with Crippen molar-refractivity contribution >= 4 is 13.7 Å². The third kappa shape index (κ3) is 52.5. The van der Waals surface area contributed by atoms with Gasteiger partial charge in [0.1, 0.15) is 13.2 Å². The summed E-state index contributed by atoms with van der Waals surface area (Å²) in [7, 11) is 1.27. The van der Waals surface area contributed by atoms with Crippen molar-refractivity contribution in [3.8, 4) is 0 Å². The molecule has 9 heteroatoms. The van der Waals surface area contributed by atoms with Crippen LogP contribution in [-0.2, 0) is 18.4 Å². The summed E-state index contributed by atoms with van der Waals surface area (Å²) in [4.78, 5) is 25.3. The van der Waals surface area contributed by atoms with Crippen molar-refractivity contribution in [2.45, 2.75) is 296 Å². The molecule has 0 heterocycles. The van der Waals surface area contributed by atoms with Crippen molar-refractivity contribution in [3.63, 3.8) is 0 Å². The molecule has 8 nitrogen and oxygen atoms in total. The van der Waals surface area contributed by atoms with E-state index in [2.05, 4.69) is 43.5 Å². The Kier molecular flexibility index (Phi) is 49.7. The number of hydrogen-bond donors (Lipinski definition) is 2. The number of hydrogen-bond acceptors (Lipinski definition) is 6. The molecule has 0 bridgehead atoms. The Balaban J connectivity index is 3.85. The number of likely N-dealkylation sites (N-methyl/N-ethyl adjacent to an activating group) is 1. The van der Waals surface area contributed by atoms with Gasteiger partial charge in [0, 0.05) is 6.42 Å². The van der Waals surface area contributed by atoms with Gasteiger partial charge in [0.25, 0.3) is 7.82 Å². The standard InChI is InChI=1S/C59H115N2O6P/c1-6-8-10-12-14-16-17-18-19-20-21-22-23-24-25-26-27-28-29-30-31-32-33-34-35-36-37-38-39-40-41-42-43-45-47-49-51-53-59(63)60-57(56-67-68(64,65)66-55-54-61(3,4)5)58(62)52-50-48-46-44-15-13-11-9-7-2/h25-26,28-29,50,52,57-58,62H,6-24,27,30-49,51,53-56H2,1-5H3,(H-,60,63,64,65)/b26-25-,29-28-,52-50+. The Morgan fingerprint density at radius 3 is 1.22 bits per heavy atom. The van der Waals surface area contributed by atoms with Gasteiger partial charge < -0.3 is 28.8 Å². The largest absolute Gasteiger partial charge is 0.756 e. The van der Waals surface area contributed by atoms with Gasteiger partial charge in [-0.2, -0.15) is 0 Å². The fourth-order valence-corrected chi connectivity index (χ4v) is 9.44.